The maximum atomic E-state index is 6.10. The Hall–Kier alpha value is -2.49. The summed E-state index contributed by atoms with van der Waals surface area (Å²) in [5, 5.41) is 2.19. The molecule has 0 atom stereocenters. The lowest BCUT2D eigenvalue weighted by Crippen LogP contribution is -2.06. The number of ether oxygens (including phenoxy) is 1. The molecule has 0 unspecified atom stereocenters. The van der Waals surface area contributed by atoms with Crippen LogP contribution in [-0.4, -0.2) is 9.55 Å². The molecule has 2 heterocycles. The summed E-state index contributed by atoms with van der Waals surface area (Å²) in [6.45, 7) is 5.46. The van der Waals surface area contributed by atoms with Crippen molar-refractivity contribution in [3.63, 3.8) is 0 Å². The monoisotopic (exact) mass is 410 g/mol. The minimum absolute atomic E-state index is 0.354. The fourth-order valence-corrected chi connectivity index (χ4v) is 3.74. The van der Waals surface area contributed by atoms with E-state index in [-0.39, 0.29) is 0 Å². The summed E-state index contributed by atoms with van der Waals surface area (Å²) in [7, 11) is 0. The molecule has 0 amide bonds. The molecule has 5 heteroatoms. The molecule has 0 fully saturated rings. The van der Waals surface area contributed by atoms with Gasteiger partial charge in [0.15, 0.2) is 0 Å². The van der Waals surface area contributed by atoms with Gasteiger partial charge in [-0.15, -0.1) is 0 Å². The van der Waals surface area contributed by atoms with Crippen LogP contribution in [0.1, 0.15) is 22.5 Å². The van der Waals surface area contributed by atoms with Crippen LogP contribution in [0.2, 0.25) is 10.0 Å². The van der Waals surface area contributed by atoms with Gasteiger partial charge in [-0.05, 0) is 43.2 Å². The Bertz CT molecular complexity index is 1140. The number of aryl methyl sites for hydroxylation is 1. The summed E-state index contributed by atoms with van der Waals surface area (Å²) < 4.78 is 8.29. The molecule has 3 nitrogen and oxygen atoms in total. The predicted octanol–water partition coefficient (Wildman–Crippen LogP) is 6.59. The van der Waals surface area contributed by atoms with Crippen molar-refractivity contribution >= 4 is 34.1 Å². The summed E-state index contributed by atoms with van der Waals surface area (Å²) in [4.78, 5) is 4.61. The molecule has 0 saturated carbocycles. The highest BCUT2D eigenvalue weighted by molar-refractivity contribution is 6.42. The Morgan fingerprint density at radius 3 is 2.50 bits per heavy atom. The van der Waals surface area contributed by atoms with Crippen molar-refractivity contribution in [3.05, 3.63) is 93.4 Å². The molecule has 0 radical (unpaired) electrons. The highest BCUT2D eigenvalue weighted by Gasteiger charge is 2.16. The molecule has 0 saturated heterocycles. The maximum absolute atomic E-state index is 6.10. The van der Waals surface area contributed by atoms with E-state index >= 15 is 0 Å². The molecule has 2 aromatic carbocycles. The lowest BCUT2D eigenvalue weighted by atomic mass is 10.2. The van der Waals surface area contributed by atoms with Gasteiger partial charge in [0, 0.05) is 29.9 Å². The minimum Gasteiger partial charge on any atom is -0.487 e. The third-order valence-electron chi connectivity index (χ3n) is 5.07. The zero-order chi connectivity index (χ0) is 19.7. The molecule has 142 valence electrons. The number of nitrogens with zero attached hydrogens (tertiary/aromatic N) is 2. The van der Waals surface area contributed by atoms with Crippen molar-refractivity contribution in [3.8, 4) is 5.75 Å². The Morgan fingerprint density at radius 2 is 1.75 bits per heavy atom. The van der Waals surface area contributed by atoms with Crippen molar-refractivity contribution in [1.82, 2.24) is 9.55 Å². The molecule has 4 aromatic rings. The fraction of sp³-hybridized carbons (Fsp3) is 0.174. The first-order chi connectivity index (χ1) is 13.5. The van der Waals surface area contributed by atoms with E-state index in [0.717, 1.165) is 17.8 Å². The molecule has 0 aliphatic carbocycles. The predicted molar refractivity (Wildman–Crippen MR) is 116 cm³/mol. The van der Waals surface area contributed by atoms with E-state index in [2.05, 4.69) is 53.7 Å². The van der Waals surface area contributed by atoms with Crippen molar-refractivity contribution in [2.75, 3.05) is 0 Å². The van der Waals surface area contributed by atoms with Crippen molar-refractivity contribution in [2.24, 2.45) is 0 Å². The Morgan fingerprint density at radius 1 is 0.964 bits per heavy atom. The Kier molecular flexibility index (Phi) is 5.29. The Labute approximate surface area is 174 Å². The summed E-state index contributed by atoms with van der Waals surface area (Å²) in [6.07, 6.45) is 1.84. The molecule has 0 aliphatic heterocycles. The first-order valence-electron chi connectivity index (χ1n) is 9.09. The van der Waals surface area contributed by atoms with Crippen molar-refractivity contribution in [1.29, 1.82) is 0 Å². The number of fused-ring (bicyclic) bond motifs is 1. The van der Waals surface area contributed by atoms with Crippen molar-refractivity contribution < 1.29 is 4.74 Å². The quantitative estimate of drug-likeness (QED) is 0.371. The zero-order valence-electron chi connectivity index (χ0n) is 15.7. The van der Waals surface area contributed by atoms with E-state index in [1.54, 1.807) is 12.1 Å². The lowest BCUT2D eigenvalue weighted by Gasteiger charge is -2.12. The minimum atomic E-state index is 0.354. The second kappa shape index (κ2) is 7.86. The van der Waals surface area contributed by atoms with Crippen molar-refractivity contribution in [2.45, 2.75) is 27.0 Å². The molecule has 0 N–H and O–H groups in total. The van der Waals surface area contributed by atoms with Crippen LogP contribution < -0.4 is 4.74 Å². The first-order valence-corrected chi connectivity index (χ1v) is 9.85. The summed E-state index contributed by atoms with van der Waals surface area (Å²) in [5.41, 5.74) is 5.77. The van der Waals surface area contributed by atoms with E-state index in [4.69, 9.17) is 27.9 Å². The molecular formula is C23H20Cl2N2O. The topological polar surface area (TPSA) is 27.1 Å². The van der Waals surface area contributed by atoms with Crippen LogP contribution in [0, 0.1) is 13.8 Å². The maximum Gasteiger partial charge on any atom is 0.132 e. The molecule has 28 heavy (non-hydrogen) atoms. The third-order valence-corrected chi connectivity index (χ3v) is 5.81. The smallest absolute Gasteiger partial charge is 0.132 e. The summed E-state index contributed by atoms with van der Waals surface area (Å²) >= 11 is 12.1. The van der Waals surface area contributed by atoms with Crippen LogP contribution in [-0.2, 0) is 13.2 Å². The molecular weight excluding hydrogens is 391 g/mol. The Balaban J connectivity index is 1.72. The van der Waals surface area contributed by atoms with Crippen LogP contribution in [0.4, 0.5) is 0 Å². The highest BCUT2D eigenvalue weighted by atomic mass is 35.5. The second-order valence-electron chi connectivity index (χ2n) is 6.80. The van der Waals surface area contributed by atoms with Crippen LogP contribution in [0.3, 0.4) is 0 Å². The molecule has 0 aliphatic rings. The highest BCUT2D eigenvalue weighted by Crippen LogP contribution is 2.30. The van der Waals surface area contributed by atoms with Crippen LogP contribution in [0.5, 0.6) is 5.75 Å². The van der Waals surface area contributed by atoms with E-state index in [9.17, 15) is 0 Å². The lowest BCUT2D eigenvalue weighted by molar-refractivity contribution is 0.302. The van der Waals surface area contributed by atoms with Gasteiger partial charge in [0.2, 0.25) is 0 Å². The van der Waals surface area contributed by atoms with Gasteiger partial charge >= 0.3 is 0 Å². The van der Waals surface area contributed by atoms with Gasteiger partial charge in [0.25, 0.3) is 0 Å². The average Bonchev–Trinajstić information content (AvgIpc) is 2.95. The molecule has 2 aromatic heterocycles. The number of aromatic nitrogens is 2. The van der Waals surface area contributed by atoms with E-state index in [0.29, 0.717) is 22.4 Å². The van der Waals surface area contributed by atoms with Gasteiger partial charge in [-0.25, -0.2) is 0 Å². The number of hydrogen-bond acceptors (Lipinski definition) is 2. The second-order valence-corrected chi connectivity index (χ2v) is 7.61. The number of hydrogen-bond donors (Lipinski definition) is 0. The standard InChI is InChI=1S/C23H20Cl2N2O/c1-15-16(2)27(13-17-6-4-3-5-7-17)23-19(15)10-11-26-22(23)14-28-18-8-9-20(24)21(25)12-18/h3-12H,13-14H2,1-2H3. The summed E-state index contributed by atoms with van der Waals surface area (Å²) in [5.74, 6) is 0.669. The average molecular weight is 411 g/mol. The van der Waals surface area contributed by atoms with E-state index in [1.807, 2.05) is 18.3 Å². The van der Waals surface area contributed by atoms with Crippen LogP contribution >= 0.6 is 23.2 Å². The van der Waals surface area contributed by atoms with E-state index < -0.39 is 0 Å². The van der Waals surface area contributed by atoms with Gasteiger partial charge in [-0.1, -0.05) is 53.5 Å². The number of halogens is 2. The number of rotatable bonds is 5. The SMILES string of the molecule is Cc1c(C)n(Cc2ccccc2)c2c(COc3ccc(Cl)c(Cl)c3)nccc12. The number of benzene rings is 2. The van der Waals surface area contributed by atoms with Gasteiger partial charge < -0.3 is 9.30 Å². The van der Waals surface area contributed by atoms with Gasteiger partial charge in [-0.3, -0.25) is 4.98 Å². The zero-order valence-corrected chi connectivity index (χ0v) is 17.3. The summed E-state index contributed by atoms with van der Waals surface area (Å²) in [6, 6.07) is 17.8. The van der Waals surface area contributed by atoms with Gasteiger partial charge in [0.05, 0.1) is 15.6 Å². The molecule has 4 rings (SSSR count). The fourth-order valence-electron chi connectivity index (χ4n) is 3.45. The number of pyridine rings is 1. The van der Waals surface area contributed by atoms with Crippen LogP contribution in [0.25, 0.3) is 10.9 Å². The third kappa shape index (κ3) is 3.60. The van der Waals surface area contributed by atoms with Crippen LogP contribution in [0.15, 0.2) is 60.8 Å². The molecule has 0 bridgehead atoms. The normalized spacial score (nSPS) is 11.1. The van der Waals surface area contributed by atoms with E-state index in [1.165, 1.54) is 22.2 Å². The first kappa shape index (κ1) is 18.9. The largest absolute Gasteiger partial charge is 0.487 e. The van der Waals surface area contributed by atoms with Gasteiger partial charge in [0.1, 0.15) is 18.1 Å². The molecule has 0 spiro atoms. The van der Waals surface area contributed by atoms with Gasteiger partial charge in [-0.2, -0.15) is 0 Å².